The van der Waals surface area contributed by atoms with E-state index in [1.54, 1.807) is 11.8 Å². The number of aliphatic hydroxyl groups is 1. The molecule has 1 saturated heterocycles. The van der Waals surface area contributed by atoms with Crippen LogP contribution in [-0.2, 0) is 16.6 Å². The van der Waals surface area contributed by atoms with Gasteiger partial charge in [0.15, 0.2) is 0 Å². The van der Waals surface area contributed by atoms with Gasteiger partial charge in [-0.2, -0.15) is 11.8 Å². The van der Waals surface area contributed by atoms with E-state index in [-0.39, 0.29) is 10.5 Å². The molecule has 1 fully saturated rings. The van der Waals surface area contributed by atoms with Gasteiger partial charge in [0.25, 0.3) is 0 Å². The summed E-state index contributed by atoms with van der Waals surface area (Å²) in [5, 5.41) is 9.13. The third-order valence-corrected chi connectivity index (χ3v) is 5.81. The summed E-state index contributed by atoms with van der Waals surface area (Å²) in [6.45, 7) is -0.0769. The van der Waals surface area contributed by atoms with Crippen molar-refractivity contribution in [2.45, 2.75) is 17.9 Å². The summed E-state index contributed by atoms with van der Waals surface area (Å²) in [7, 11) is -3.77. The highest BCUT2D eigenvalue weighted by Crippen LogP contribution is 2.23. The van der Waals surface area contributed by atoms with E-state index in [1.807, 2.05) is 0 Å². The van der Waals surface area contributed by atoms with Gasteiger partial charge in [-0.15, -0.1) is 0 Å². The number of thioether (sulfide) groups is 1. The van der Waals surface area contributed by atoms with Gasteiger partial charge < -0.3 is 5.11 Å². The molecule has 2 N–H and O–H groups in total. The topological polar surface area (TPSA) is 66.4 Å². The third-order valence-electron chi connectivity index (χ3n) is 3.08. The Morgan fingerprint density at radius 2 is 2.26 bits per heavy atom. The van der Waals surface area contributed by atoms with Crippen molar-refractivity contribution in [3.05, 3.63) is 29.6 Å². The fraction of sp³-hybridized carbons (Fsp3) is 0.500. The predicted octanol–water partition coefficient (Wildman–Crippen LogP) is 1.35. The Morgan fingerprint density at radius 1 is 1.47 bits per heavy atom. The number of benzene rings is 1. The summed E-state index contributed by atoms with van der Waals surface area (Å²) >= 11 is 1.80. The van der Waals surface area contributed by atoms with Crippen LogP contribution in [0.2, 0.25) is 0 Å². The third kappa shape index (κ3) is 3.68. The first-order valence-electron chi connectivity index (χ1n) is 5.99. The van der Waals surface area contributed by atoms with Crippen LogP contribution < -0.4 is 4.72 Å². The van der Waals surface area contributed by atoms with Crippen LogP contribution in [-0.4, -0.2) is 31.6 Å². The maximum absolute atomic E-state index is 13.2. The number of hydrogen-bond acceptors (Lipinski definition) is 4. The molecule has 0 amide bonds. The molecule has 1 aromatic carbocycles. The molecule has 1 aliphatic rings. The molecule has 2 rings (SSSR count). The standard InChI is InChI=1S/C12H16FNO3S2/c13-11-2-1-10(7-15)12(5-11)19(16,17)14-6-9-3-4-18-8-9/h1-2,5,9,14-15H,3-4,6-8H2. The zero-order valence-electron chi connectivity index (χ0n) is 10.3. The van der Waals surface area contributed by atoms with Gasteiger partial charge in [-0.3, -0.25) is 0 Å². The van der Waals surface area contributed by atoms with Crippen molar-refractivity contribution in [2.24, 2.45) is 5.92 Å². The van der Waals surface area contributed by atoms with Crippen molar-refractivity contribution in [1.82, 2.24) is 4.72 Å². The molecule has 0 spiro atoms. The number of sulfonamides is 1. The summed E-state index contributed by atoms with van der Waals surface area (Å²) < 4.78 is 39.9. The summed E-state index contributed by atoms with van der Waals surface area (Å²) in [6, 6.07) is 3.37. The van der Waals surface area contributed by atoms with Crippen LogP contribution in [0.15, 0.2) is 23.1 Å². The minimum absolute atomic E-state index is 0.180. The zero-order valence-corrected chi connectivity index (χ0v) is 11.9. The second-order valence-electron chi connectivity index (χ2n) is 4.49. The maximum atomic E-state index is 13.2. The van der Waals surface area contributed by atoms with Gasteiger partial charge >= 0.3 is 0 Å². The summed E-state index contributed by atoms with van der Waals surface area (Å²) in [5.41, 5.74) is 0.203. The molecule has 19 heavy (non-hydrogen) atoms. The first-order chi connectivity index (χ1) is 9.03. The van der Waals surface area contributed by atoms with Gasteiger partial charge in [-0.1, -0.05) is 6.07 Å². The van der Waals surface area contributed by atoms with Crippen molar-refractivity contribution in [2.75, 3.05) is 18.1 Å². The Balaban J connectivity index is 2.16. The number of nitrogens with one attached hydrogen (secondary N) is 1. The molecule has 1 heterocycles. The minimum Gasteiger partial charge on any atom is -0.392 e. The Hall–Kier alpha value is -0.630. The highest BCUT2D eigenvalue weighted by molar-refractivity contribution is 7.99. The molecule has 1 unspecified atom stereocenters. The molecule has 0 saturated carbocycles. The van der Waals surface area contributed by atoms with Crippen LogP contribution in [0.1, 0.15) is 12.0 Å². The van der Waals surface area contributed by atoms with E-state index in [2.05, 4.69) is 4.72 Å². The molecule has 1 aliphatic heterocycles. The van der Waals surface area contributed by atoms with Gasteiger partial charge in [0.1, 0.15) is 5.82 Å². The Kier molecular flexibility index (Phi) is 4.83. The molecule has 0 radical (unpaired) electrons. The smallest absolute Gasteiger partial charge is 0.241 e. The highest BCUT2D eigenvalue weighted by Gasteiger charge is 2.22. The molecule has 0 aromatic heterocycles. The Morgan fingerprint density at radius 3 is 2.89 bits per heavy atom. The highest BCUT2D eigenvalue weighted by atomic mass is 32.2. The Labute approximate surface area is 116 Å². The van der Waals surface area contributed by atoms with Crippen molar-refractivity contribution in [3.8, 4) is 0 Å². The van der Waals surface area contributed by atoms with Crippen molar-refractivity contribution >= 4 is 21.8 Å². The molecule has 0 bridgehead atoms. The first kappa shape index (κ1) is 14.8. The van der Waals surface area contributed by atoms with Crippen LogP contribution in [0.25, 0.3) is 0 Å². The molecule has 4 nitrogen and oxygen atoms in total. The second kappa shape index (κ2) is 6.21. The molecular weight excluding hydrogens is 289 g/mol. The predicted molar refractivity (Wildman–Crippen MR) is 72.9 cm³/mol. The average Bonchev–Trinajstić information content (AvgIpc) is 2.89. The lowest BCUT2D eigenvalue weighted by atomic mass is 10.1. The van der Waals surface area contributed by atoms with E-state index < -0.39 is 22.4 Å². The van der Waals surface area contributed by atoms with Crippen LogP contribution in [0.5, 0.6) is 0 Å². The van der Waals surface area contributed by atoms with Gasteiger partial charge in [0.2, 0.25) is 10.0 Å². The number of halogens is 1. The molecular formula is C12H16FNO3S2. The molecule has 0 aliphatic carbocycles. The van der Waals surface area contributed by atoms with Crippen molar-refractivity contribution in [1.29, 1.82) is 0 Å². The summed E-state index contributed by atoms with van der Waals surface area (Å²) in [4.78, 5) is -0.180. The average molecular weight is 305 g/mol. The number of rotatable bonds is 5. The SMILES string of the molecule is O=S(=O)(NCC1CCSC1)c1cc(F)ccc1CO. The largest absolute Gasteiger partial charge is 0.392 e. The lowest BCUT2D eigenvalue weighted by molar-refractivity contribution is 0.278. The van der Waals surface area contributed by atoms with E-state index in [1.165, 1.54) is 6.07 Å². The molecule has 1 atom stereocenters. The lowest BCUT2D eigenvalue weighted by Crippen LogP contribution is -2.30. The molecule has 106 valence electrons. The van der Waals surface area contributed by atoms with E-state index in [0.717, 1.165) is 30.1 Å². The van der Waals surface area contributed by atoms with E-state index >= 15 is 0 Å². The second-order valence-corrected chi connectivity index (χ2v) is 7.38. The van der Waals surface area contributed by atoms with Gasteiger partial charge in [0.05, 0.1) is 11.5 Å². The van der Waals surface area contributed by atoms with Crippen LogP contribution in [0.4, 0.5) is 4.39 Å². The van der Waals surface area contributed by atoms with E-state index in [0.29, 0.717) is 12.5 Å². The van der Waals surface area contributed by atoms with Gasteiger partial charge in [-0.05, 0) is 41.5 Å². The molecule has 1 aromatic rings. The van der Waals surface area contributed by atoms with Gasteiger partial charge in [0, 0.05) is 6.54 Å². The number of hydrogen-bond donors (Lipinski definition) is 2. The zero-order chi connectivity index (χ0) is 13.9. The minimum atomic E-state index is -3.77. The van der Waals surface area contributed by atoms with Crippen molar-refractivity contribution in [3.63, 3.8) is 0 Å². The van der Waals surface area contributed by atoms with Crippen molar-refractivity contribution < 1.29 is 17.9 Å². The fourth-order valence-corrected chi connectivity index (χ4v) is 4.60. The van der Waals surface area contributed by atoms with Gasteiger partial charge in [-0.25, -0.2) is 17.5 Å². The quantitative estimate of drug-likeness (QED) is 0.862. The normalized spacial score (nSPS) is 19.8. The number of aliphatic hydroxyl groups excluding tert-OH is 1. The molecule has 7 heteroatoms. The first-order valence-corrected chi connectivity index (χ1v) is 8.63. The summed E-state index contributed by atoms with van der Waals surface area (Å²) in [5.74, 6) is 1.69. The van der Waals surface area contributed by atoms with Crippen LogP contribution in [0, 0.1) is 11.7 Å². The van der Waals surface area contributed by atoms with Crippen LogP contribution in [0.3, 0.4) is 0 Å². The van der Waals surface area contributed by atoms with Crippen LogP contribution >= 0.6 is 11.8 Å². The van der Waals surface area contributed by atoms with E-state index in [4.69, 9.17) is 5.11 Å². The lowest BCUT2D eigenvalue weighted by Gasteiger charge is -2.13. The van der Waals surface area contributed by atoms with E-state index in [9.17, 15) is 12.8 Å². The maximum Gasteiger partial charge on any atom is 0.241 e. The Bertz CT molecular complexity index is 542. The fourth-order valence-electron chi connectivity index (χ4n) is 1.96. The monoisotopic (exact) mass is 305 g/mol. The summed E-state index contributed by atoms with van der Waals surface area (Å²) in [6.07, 6.45) is 0.989.